The zero-order chi connectivity index (χ0) is 13.7. The fraction of sp³-hybridized carbons (Fsp3) is 0.533. The van der Waals surface area contributed by atoms with E-state index in [0.29, 0.717) is 17.3 Å². The predicted octanol–water partition coefficient (Wildman–Crippen LogP) is 3.94. The normalized spacial score (nSPS) is 18.0. The highest BCUT2D eigenvalue weighted by molar-refractivity contribution is 6.31. The number of hydrogen-bond donors (Lipinski definition) is 1. The maximum absolute atomic E-state index is 12.2. The van der Waals surface area contributed by atoms with Crippen molar-refractivity contribution in [3.05, 3.63) is 34.9 Å². The summed E-state index contributed by atoms with van der Waals surface area (Å²) in [5, 5.41) is 3.77. The minimum Gasteiger partial charge on any atom is -0.349 e. The van der Waals surface area contributed by atoms with E-state index in [1.165, 1.54) is 6.42 Å². The highest BCUT2D eigenvalue weighted by Gasteiger charge is 2.32. The number of nitrogens with one attached hydrogen (secondary N) is 1. The molecule has 0 aliphatic heterocycles. The summed E-state index contributed by atoms with van der Waals surface area (Å²) in [4.78, 5) is 12.2. The van der Waals surface area contributed by atoms with Crippen molar-refractivity contribution in [1.29, 1.82) is 0 Å². The lowest BCUT2D eigenvalue weighted by atomic mass is 9.83. The third-order valence-electron chi connectivity index (χ3n) is 3.78. The first-order valence-electron chi connectivity index (χ1n) is 6.76. The molecule has 1 saturated carbocycles. The zero-order valence-corrected chi connectivity index (χ0v) is 12.4. The molecule has 2 rings (SSSR count). The van der Waals surface area contributed by atoms with Gasteiger partial charge < -0.3 is 5.32 Å². The zero-order valence-electron chi connectivity index (χ0n) is 10.9. The first-order chi connectivity index (χ1) is 9.15. The van der Waals surface area contributed by atoms with Gasteiger partial charge >= 0.3 is 0 Å². The summed E-state index contributed by atoms with van der Waals surface area (Å²) >= 11 is 12.1. The molecule has 1 aromatic carbocycles. The SMILES string of the molecule is O=C(Cc1ccccc1Cl)NC1(CCl)CCCCC1. The lowest BCUT2D eigenvalue weighted by Crippen LogP contribution is -2.51. The van der Waals surface area contributed by atoms with E-state index in [2.05, 4.69) is 5.32 Å². The Bertz CT molecular complexity index is 442. The Balaban J connectivity index is 1.98. The number of amides is 1. The molecular weight excluding hydrogens is 281 g/mol. The van der Waals surface area contributed by atoms with E-state index >= 15 is 0 Å². The van der Waals surface area contributed by atoms with Crippen molar-refractivity contribution in [3.63, 3.8) is 0 Å². The molecule has 0 heterocycles. The first kappa shape index (κ1) is 14.7. The third-order valence-corrected chi connectivity index (χ3v) is 4.66. The molecule has 0 unspecified atom stereocenters. The fourth-order valence-electron chi connectivity index (χ4n) is 2.68. The number of rotatable bonds is 4. The summed E-state index contributed by atoms with van der Waals surface area (Å²) < 4.78 is 0. The molecule has 104 valence electrons. The summed E-state index contributed by atoms with van der Waals surface area (Å²) in [5.41, 5.74) is 0.653. The Hall–Kier alpha value is -0.730. The highest BCUT2D eigenvalue weighted by atomic mass is 35.5. The van der Waals surface area contributed by atoms with Gasteiger partial charge in [0.1, 0.15) is 0 Å². The Morgan fingerprint density at radius 2 is 1.89 bits per heavy atom. The van der Waals surface area contributed by atoms with Crippen LogP contribution in [0.4, 0.5) is 0 Å². The van der Waals surface area contributed by atoms with Crippen molar-refractivity contribution in [2.75, 3.05) is 5.88 Å². The van der Waals surface area contributed by atoms with E-state index in [-0.39, 0.29) is 11.4 Å². The average Bonchev–Trinajstić information content (AvgIpc) is 2.42. The number of carbonyl (C=O) groups is 1. The van der Waals surface area contributed by atoms with Crippen LogP contribution in [0.25, 0.3) is 0 Å². The molecule has 1 aliphatic rings. The van der Waals surface area contributed by atoms with Crippen molar-refractivity contribution in [2.45, 2.75) is 44.1 Å². The molecule has 1 aromatic rings. The minimum absolute atomic E-state index is 0.00986. The maximum atomic E-state index is 12.2. The van der Waals surface area contributed by atoms with Gasteiger partial charge in [0, 0.05) is 10.9 Å². The van der Waals surface area contributed by atoms with Crippen LogP contribution >= 0.6 is 23.2 Å². The Labute approximate surface area is 124 Å². The standard InChI is InChI=1S/C15H19Cl2NO/c16-11-15(8-4-1-5-9-15)18-14(19)10-12-6-2-3-7-13(12)17/h2-3,6-7H,1,4-5,8-11H2,(H,18,19). The summed E-state index contributed by atoms with van der Waals surface area (Å²) in [7, 11) is 0. The van der Waals surface area contributed by atoms with Crippen molar-refractivity contribution >= 4 is 29.1 Å². The molecule has 1 N–H and O–H groups in total. The molecule has 1 aliphatic carbocycles. The van der Waals surface area contributed by atoms with Crippen LogP contribution in [0.5, 0.6) is 0 Å². The van der Waals surface area contributed by atoms with Crippen LogP contribution in [-0.2, 0) is 11.2 Å². The summed E-state index contributed by atoms with van der Waals surface area (Å²) in [6.45, 7) is 0. The first-order valence-corrected chi connectivity index (χ1v) is 7.67. The van der Waals surface area contributed by atoms with Crippen molar-refractivity contribution in [2.24, 2.45) is 0 Å². The van der Waals surface area contributed by atoms with E-state index in [1.54, 1.807) is 0 Å². The summed E-state index contributed by atoms with van der Waals surface area (Å²) in [6.07, 6.45) is 5.78. The second-order valence-corrected chi connectivity index (χ2v) is 5.97. The molecule has 0 saturated heterocycles. The van der Waals surface area contributed by atoms with Gasteiger partial charge in [0.25, 0.3) is 0 Å². The number of alkyl halides is 1. The van der Waals surface area contributed by atoms with Crippen molar-refractivity contribution in [3.8, 4) is 0 Å². The van der Waals surface area contributed by atoms with Gasteiger partial charge in [-0.2, -0.15) is 0 Å². The van der Waals surface area contributed by atoms with Crippen LogP contribution in [0.1, 0.15) is 37.7 Å². The van der Waals surface area contributed by atoms with Gasteiger partial charge in [-0.25, -0.2) is 0 Å². The van der Waals surface area contributed by atoms with E-state index in [1.807, 2.05) is 24.3 Å². The second kappa shape index (κ2) is 6.62. The van der Waals surface area contributed by atoms with Crippen LogP contribution in [0.3, 0.4) is 0 Å². The number of carbonyl (C=O) groups excluding carboxylic acids is 1. The molecule has 4 heteroatoms. The maximum Gasteiger partial charge on any atom is 0.224 e. The van der Waals surface area contributed by atoms with Gasteiger partial charge in [0.05, 0.1) is 12.0 Å². The molecule has 0 aromatic heterocycles. The van der Waals surface area contributed by atoms with E-state index < -0.39 is 0 Å². The quantitative estimate of drug-likeness (QED) is 0.838. The number of halogens is 2. The molecular formula is C15H19Cl2NO. The smallest absolute Gasteiger partial charge is 0.224 e. The van der Waals surface area contributed by atoms with Gasteiger partial charge in [-0.1, -0.05) is 49.1 Å². The van der Waals surface area contributed by atoms with Gasteiger partial charge in [0.2, 0.25) is 5.91 Å². The van der Waals surface area contributed by atoms with E-state index in [4.69, 9.17) is 23.2 Å². The minimum atomic E-state index is -0.210. The van der Waals surface area contributed by atoms with Crippen LogP contribution < -0.4 is 5.32 Å². The van der Waals surface area contributed by atoms with Gasteiger partial charge in [-0.05, 0) is 24.5 Å². The van der Waals surface area contributed by atoms with Gasteiger partial charge in [-0.3, -0.25) is 4.79 Å². The topological polar surface area (TPSA) is 29.1 Å². The van der Waals surface area contributed by atoms with Crippen LogP contribution in [-0.4, -0.2) is 17.3 Å². The van der Waals surface area contributed by atoms with Crippen molar-refractivity contribution in [1.82, 2.24) is 5.32 Å². The number of hydrogen-bond acceptors (Lipinski definition) is 1. The average molecular weight is 300 g/mol. The van der Waals surface area contributed by atoms with Crippen LogP contribution in [0, 0.1) is 0 Å². The van der Waals surface area contributed by atoms with E-state index in [9.17, 15) is 4.79 Å². The lowest BCUT2D eigenvalue weighted by molar-refractivity contribution is -0.122. The fourth-order valence-corrected chi connectivity index (χ4v) is 3.21. The second-order valence-electron chi connectivity index (χ2n) is 5.29. The van der Waals surface area contributed by atoms with Crippen molar-refractivity contribution < 1.29 is 4.79 Å². The summed E-state index contributed by atoms with van der Waals surface area (Å²) in [5.74, 6) is 0.497. The Kier molecular flexibility index (Phi) is 5.12. The van der Waals surface area contributed by atoms with Crippen LogP contribution in [0.2, 0.25) is 5.02 Å². The van der Waals surface area contributed by atoms with Gasteiger partial charge in [0.15, 0.2) is 0 Å². The van der Waals surface area contributed by atoms with Crippen LogP contribution in [0.15, 0.2) is 24.3 Å². The monoisotopic (exact) mass is 299 g/mol. The molecule has 0 radical (unpaired) electrons. The molecule has 1 fully saturated rings. The highest BCUT2D eigenvalue weighted by Crippen LogP contribution is 2.29. The van der Waals surface area contributed by atoms with E-state index in [0.717, 1.165) is 31.2 Å². The Morgan fingerprint density at radius 1 is 1.21 bits per heavy atom. The molecule has 0 spiro atoms. The summed E-state index contributed by atoms with van der Waals surface area (Å²) in [6, 6.07) is 7.45. The molecule has 0 atom stereocenters. The molecule has 0 bridgehead atoms. The number of benzene rings is 1. The molecule has 2 nitrogen and oxygen atoms in total. The Morgan fingerprint density at radius 3 is 2.53 bits per heavy atom. The largest absolute Gasteiger partial charge is 0.349 e. The predicted molar refractivity (Wildman–Crippen MR) is 79.8 cm³/mol. The molecule has 1 amide bonds. The third kappa shape index (κ3) is 3.87. The molecule has 19 heavy (non-hydrogen) atoms. The van der Waals surface area contributed by atoms with Gasteiger partial charge in [-0.15, -0.1) is 11.6 Å². The lowest BCUT2D eigenvalue weighted by Gasteiger charge is -2.36.